The lowest BCUT2D eigenvalue weighted by Crippen LogP contribution is -2.18. The molecule has 2 aromatic heterocycles. The van der Waals surface area contributed by atoms with E-state index in [-0.39, 0.29) is 6.04 Å². The normalized spacial score (nSPS) is 14.4. The Morgan fingerprint density at radius 2 is 2.25 bits per heavy atom. The van der Waals surface area contributed by atoms with E-state index in [0.29, 0.717) is 6.04 Å². The second-order valence-corrected chi connectivity index (χ2v) is 6.48. The Bertz CT molecular complexity index is 561. The first kappa shape index (κ1) is 15.5. The van der Waals surface area contributed by atoms with Crippen molar-refractivity contribution in [2.24, 2.45) is 0 Å². The number of likely N-dealkylation sites (N-methyl/N-ethyl adjacent to an activating group) is 1. The molecule has 2 atom stereocenters. The molecule has 2 rings (SSSR count). The summed E-state index contributed by atoms with van der Waals surface area (Å²) in [4.78, 5) is 1.20. The molecule has 0 saturated carbocycles. The average molecular weight is 312 g/mol. The summed E-state index contributed by atoms with van der Waals surface area (Å²) >= 11 is 8.09. The highest BCUT2D eigenvalue weighted by molar-refractivity contribution is 7.10. The third-order valence-electron chi connectivity index (χ3n) is 3.71. The molecule has 3 nitrogen and oxygen atoms in total. The Morgan fingerprint density at radius 3 is 2.80 bits per heavy atom. The minimum Gasteiger partial charge on any atom is -0.312 e. The zero-order valence-electron chi connectivity index (χ0n) is 12.5. The Labute approximate surface area is 130 Å². The highest BCUT2D eigenvalue weighted by Gasteiger charge is 2.18. The van der Waals surface area contributed by atoms with Crippen LogP contribution >= 0.6 is 22.9 Å². The number of thiophene rings is 1. The predicted octanol–water partition coefficient (Wildman–Crippen LogP) is 4.38. The number of hydrogen-bond acceptors (Lipinski definition) is 3. The van der Waals surface area contributed by atoms with Crippen molar-refractivity contribution in [2.75, 3.05) is 7.05 Å². The maximum Gasteiger partial charge on any atom is 0.0644 e. The van der Waals surface area contributed by atoms with Gasteiger partial charge in [-0.2, -0.15) is 5.10 Å². The maximum absolute atomic E-state index is 6.37. The first-order valence-electron chi connectivity index (χ1n) is 7.01. The summed E-state index contributed by atoms with van der Waals surface area (Å²) < 4.78 is 2.04. The number of rotatable bonds is 6. The predicted molar refractivity (Wildman–Crippen MR) is 86.8 cm³/mol. The molecular formula is C15H22ClN3S. The zero-order chi connectivity index (χ0) is 14.7. The molecule has 0 aliphatic heterocycles. The van der Waals surface area contributed by atoms with E-state index in [2.05, 4.69) is 41.9 Å². The minimum atomic E-state index is 0.224. The summed E-state index contributed by atoms with van der Waals surface area (Å²) in [7, 11) is 1.97. The van der Waals surface area contributed by atoms with Crippen LogP contribution in [0, 0.1) is 6.92 Å². The van der Waals surface area contributed by atoms with E-state index in [1.165, 1.54) is 4.88 Å². The molecule has 0 aliphatic carbocycles. The van der Waals surface area contributed by atoms with Crippen LogP contribution in [0.3, 0.4) is 0 Å². The summed E-state index contributed by atoms with van der Waals surface area (Å²) in [6.45, 7) is 6.41. The highest BCUT2D eigenvalue weighted by Crippen LogP contribution is 2.33. The van der Waals surface area contributed by atoms with Crippen molar-refractivity contribution in [1.82, 2.24) is 15.1 Å². The molecule has 0 aliphatic rings. The molecule has 0 spiro atoms. The van der Waals surface area contributed by atoms with Crippen LogP contribution in [0.5, 0.6) is 0 Å². The molecule has 0 amide bonds. The number of nitrogens with zero attached hydrogens (tertiary/aromatic N) is 2. The average Bonchev–Trinajstić information content (AvgIpc) is 3.04. The minimum absolute atomic E-state index is 0.224. The quantitative estimate of drug-likeness (QED) is 0.858. The van der Waals surface area contributed by atoms with Crippen LogP contribution in [0.4, 0.5) is 0 Å². The Kier molecular flexibility index (Phi) is 5.24. The Morgan fingerprint density at radius 1 is 1.50 bits per heavy atom. The Balaban J connectivity index is 2.14. The summed E-state index contributed by atoms with van der Waals surface area (Å²) in [6.07, 6.45) is 4.02. The summed E-state index contributed by atoms with van der Waals surface area (Å²) in [5.74, 6) is 0. The number of aromatic nitrogens is 2. The lowest BCUT2D eigenvalue weighted by atomic mass is 10.1. The topological polar surface area (TPSA) is 29.9 Å². The van der Waals surface area contributed by atoms with Crippen LogP contribution < -0.4 is 5.32 Å². The van der Waals surface area contributed by atoms with Crippen molar-refractivity contribution in [3.63, 3.8) is 0 Å². The molecule has 20 heavy (non-hydrogen) atoms. The van der Waals surface area contributed by atoms with Crippen LogP contribution in [0.15, 0.2) is 17.6 Å². The van der Waals surface area contributed by atoms with Crippen LogP contribution in [0.2, 0.25) is 5.02 Å². The SMILES string of the molecule is CCC(C)n1ccc(CC(NC)c2scc(C)c2Cl)n1. The zero-order valence-corrected chi connectivity index (χ0v) is 14.1. The fourth-order valence-electron chi connectivity index (χ4n) is 2.14. The van der Waals surface area contributed by atoms with Gasteiger partial charge in [-0.05, 0) is 44.3 Å². The number of nitrogens with one attached hydrogen (secondary N) is 1. The van der Waals surface area contributed by atoms with E-state index in [1.807, 2.05) is 18.7 Å². The van der Waals surface area contributed by atoms with Gasteiger partial charge in [0.15, 0.2) is 0 Å². The molecular weight excluding hydrogens is 290 g/mol. The molecule has 1 N–H and O–H groups in total. The lowest BCUT2D eigenvalue weighted by molar-refractivity contribution is 0.469. The number of hydrogen-bond donors (Lipinski definition) is 1. The van der Waals surface area contributed by atoms with E-state index < -0.39 is 0 Å². The van der Waals surface area contributed by atoms with Gasteiger partial charge in [0.2, 0.25) is 0 Å². The number of halogens is 1. The maximum atomic E-state index is 6.37. The van der Waals surface area contributed by atoms with Gasteiger partial charge in [0.05, 0.1) is 10.7 Å². The monoisotopic (exact) mass is 311 g/mol. The molecule has 0 aromatic carbocycles. The third kappa shape index (κ3) is 3.25. The summed E-state index contributed by atoms with van der Waals surface area (Å²) in [5, 5.41) is 11.0. The second kappa shape index (κ2) is 6.74. The summed E-state index contributed by atoms with van der Waals surface area (Å²) in [5.41, 5.74) is 2.25. The van der Waals surface area contributed by atoms with Gasteiger partial charge in [0.25, 0.3) is 0 Å². The van der Waals surface area contributed by atoms with Gasteiger partial charge in [-0.15, -0.1) is 11.3 Å². The van der Waals surface area contributed by atoms with E-state index in [0.717, 1.165) is 29.1 Å². The molecule has 0 saturated heterocycles. The Hall–Kier alpha value is -0.840. The number of aryl methyl sites for hydroxylation is 1. The lowest BCUT2D eigenvalue weighted by Gasteiger charge is -2.14. The van der Waals surface area contributed by atoms with Gasteiger partial charge in [-0.3, -0.25) is 4.68 Å². The molecule has 5 heteroatoms. The standard InChI is InChI=1S/C15H22ClN3S/c1-5-11(3)19-7-6-12(18-19)8-13(17-4)15-14(16)10(2)9-20-15/h6-7,9,11,13,17H,5,8H2,1-4H3. The van der Waals surface area contributed by atoms with Gasteiger partial charge in [0.1, 0.15) is 0 Å². The van der Waals surface area contributed by atoms with Gasteiger partial charge in [0, 0.05) is 29.6 Å². The molecule has 0 radical (unpaired) electrons. The second-order valence-electron chi connectivity index (χ2n) is 5.19. The van der Waals surface area contributed by atoms with Crippen molar-refractivity contribution in [3.05, 3.63) is 38.8 Å². The van der Waals surface area contributed by atoms with Gasteiger partial charge in [-0.1, -0.05) is 18.5 Å². The third-order valence-corrected chi connectivity index (χ3v) is 5.54. The molecule has 2 unspecified atom stereocenters. The fraction of sp³-hybridized carbons (Fsp3) is 0.533. The highest BCUT2D eigenvalue weighted by atomic mass is 35.5. The van der Waals surface area contributed by atoms with Gasteiger partial charge in [-0.25, -0.2) is 0 Å². The van der Waals surface area contributed by atoms with Crippen LogP contribution in [0.1, 0.15) is 48.5 Å². The molecule has 2 aromatic rings. The van der Waals surface area contributed by atoms with E-state index >= 15 is 0 Å². The van der Waals surface area contributed by atoms with E-state index in [9.17, 15) is 0 Å². The fourth-order valence-corrected chi connectivity index (χ4v) is 3.57. The molecule has 0 fully saturated rings. The first-order valence-corrected chi connectivity index (χ1v) is 8.27. The smallest absolute Gasteiger partial charge is 0.0644 e. The summed E-state index contributed by atoms with van der Waals surface area (Å²) in [6, 6.07) is 2.77. The molecule has 110 valence electrons. The van der Waals surface area contributed by atoms with Crippen LogP contribution in [0.25, 0.3) is 0 Å². The largest absolute Gasteiger partial charge is 0.312 e. The van der Waals surface area contributed by atoms with Gasteiger partial charge < -0.3 is 5.32 Å². The van der Waals surface area contributed by atoms with Crippen LogP contribution in [-0.2, 0) is 6.42 Å². The van der Waals surface area contributed by atoms with Crippen molar-refractivity contribution in [3.8, 4) is 0 Å². The van der Waals surface area contributed by atoms with Gasteiger partial charge >= 0.3 is 0 Å². The van der Waals surface area contributed by atoms with Crippen LogP contribution in [-0.4, -0.2) is 16.8 Å². The molecule has 0 bridgehead atoms. The van der Waals surface area contributed by atoms with Crippen molar-refractivity contribution >= 4 is 22.9 Å². The van der Waals surface area contributed by atoms with Crippen molar-refractivity contribution in [1.29, 1.82) is 0 Å². The van der Waals surface area contributed by atoms with E-state index in [1.54, 1.807) is 11.3 Å². The van der Waals surface area contributed by atoms with E-state index in [4.69, 9.17) is 11.6 Å². The first-order chi connectivity index (χ1) is 9.56. The van der Waals surface area contributed by atoms with Crippen molar-refractivity contribution in [2.45, 2.75) is 45.7 Å². The molecule has 2 heterocycles. The van der Waals surface area contributed by atoms with Crippen molar-refractivity contribution < 1.29 is 0 Å².